The van der Waals surface area contributed by atoms with Gasteiger partial charge in [0.25, 0.3) is 0 Å². The van der Waals surface area contributed by atoms with E-state index in [2.05, 4.69) is 6.92 Å². The maximum Gasteiger partial charge on any atom is 0.178 e. The summed E-state index contributed by atoms with van der Waals surface area (Å²) in [6.45, 7) is 3.73. The summed E-state index contributed by atoms with van der Waals surface area (Å²) in [5.41, 5.74) is 1.07. The van der Waals surface area contributed by atoms with E-state index in [1.807, 2.05) is 12.1 Å². The maximum atomic E-state index is 11.7. The van der Waals surface area contributed by atoms with Gasteiger partial charge in [-0.2, -0.15) is 0 Å². The largest absolute Gasteiger partial charge is 0.370 e. The average molecular weight is 254 g/mol. The van der Waals surface area contributed by atoms with Crippen LogP contribution in [0.15, 0.2) is 29.2 Å². The first-order valence-corrected chi connectivity index (χ1v) is 7.65. The summed E-state index contributed by atoms with van der Waals surface area (Å²) in [5.74, 6) is 0.152. The van der Waals surface area contributed by atoms with Crippen molar-refractivity contribution in [3.05, 3.63) is 29.8 Å². The predicted molar refractivity (Wildman–Crippen MR) is 66.8 cm³/mol. The Morgan fingerprint density at radius 2 is 2.06 bits per heavy atom. The molecular weight excluding hydrogens is 236 g/mol. The minimum Gasteiger partial charge on any atom is -0.370 e. The van der Waals surface area contributed by atoms with E-state index in [-0.39, 0.29) is 5.75 Å². The Balaban J connectivity index is 2.06. The number of aryl methyl sites for hydroxylation is 1. The Morgan fingerprint density at radius 3 is 2.65 bits per heavy atom. The lowest BCUT2D eigenvalue weighted by Gasteiger charge is -2.04. The third-order valence-corrected chi connectivity index (χ3v) is 4.92. The maximum absolute atomic E-state index is 11.7. The molecule has 1 aliphatic heterocycles. The van der Waals surface area contributed by atoms with Crippen molar-refractivity contribution in [1.29, 1.82) is 0 Å². The van der Waals surface area contributed by atoms with Crippen LogP contribution < -0.4 is 0 Å². The minimum atomic E-state index is -3.09. The SMILES string of the molecule is CCS(=O)(=O)c1cccc(CCC2OC2C)c1. The standard InChI is InChI=1S/C13H18O3S/c1-3-17(14,15)12-6-4-5-11(9-12)7-8-13-10(2)16-13/h4-6,9-10,13H,3,7-8H2,1-2H3. The van der Waals surface area contributed by atoms with Crippen LogP contribution in [0.4, 0.5) is 0 Å². The molecule has 0 aliphatic carbocycles. The van der Waals surface area contributed by atoms with E-state index < -0.39 is 9.84 Å². The Kier molecular flexibility index (Phi) is 3.54. The van der Waals surface area contributed by atoms with Gasteiger partial charge in [-0.15, -0.1) is 0 Å². The second-order valence-electron chi connectivity index (χ2n) is 4.47. The number of hydrogen-bond acceptors (Lipinski definition) is 3. The van der Waals surface area contributed by atoms with E-state index in [0.717, 1.165) is 18.4 Å². The zero-order chi connectivity index (χ0) is 12.5. The molecule has 1 aliphatic rings. The molecule has 0 radical (unpaired) electrons. The third kappa shape index (κ3) is 3.07. The minimum absolute atomic E-state index is 0.152. The zero-order valence-electron chi connectivity index (χ0n) is 10.2. The summed E-state index contributed by atoms with van der Waals surface area (Å²) in [6.07, 6.45) is 2.58. The first kappa shape index (κ1) is 12.6. The van der Waals surface area contributed by atoms with Gasteiger partial charge in [0.05, 0.1) is 22.9 Å². The van der Waals surface area contributed by atoms with Crippen LogP contribution in [0.1, 0.15) is 25.8 Å². The molecule has 94 valence electrons. The summed E-state index contributed by atoms with van der Waals surface area (Å²) in [6, 6.07) is 7.24. The first-order chi connectivity index (χ1) is 8.03. The van der Waals surface area contributed by atoms with Crippen molar-refractivity contribution in [1.82, 2.24) is 0 Å². The summed E-state index contributed by atoms with van der Waals surface area (Å²) in [7, 11) is -3.09. The Bertz CT molecular complexity index is 493. The molecule has 0 bridgehead atoms. The van der Waals surface area contributed by atoms with Gasteiger partial charge in [0.15, 0.2) is 9.84 Å². The lowest BCUT2D eigenvalue weighted by Crippen LogP contribution is -2.04. The number of epoxide rings is 1. The molecule has 1 aromatic rings. The summed E-state index contributed by atoms with van der Waals surface area (Å²) >= 11 is 0. The Labute approximate surface area is 103 Å². The topological polar surface area (TPSA) is 46.7 Å². The molecular formula is C13H18O3S. The third-order valence-electron chi connectivity index (χ3n) is 3.19. The molecule has 2 atom stereocenters. The van der Waals surface area contributed by atoms with Crippen LogP contribution in [0.25, 0.3) is 0 Å². The van der Waals surface area contributed by atoms with Gasteiger partial charge in [-0.1, -0.05) is 19.1 Å². The molecule has 1 aromatic carbocycles. The number of sulfone groups is 1. The van der Waals surface area contributed by atoms with Gasteiger partial charge in [-0.25, -0.2) is 8.42 Å². The van der Waals surface area contributed by atoms with E-state index >= 15 is 0 Å². The van der Waals surface area contributed by atoms with Gasteiger partial charge >= 0.3 is 0 Å². The number of benzene rings is 1. The molecule has 0 N–H and O–H groups in total. The average Bonchev–Trinajstić information content (AvgIpc) is 3.03. The van der Waals surface area contributed by atoms with Crippen LogP contribution >= 0.6 is 0 Å². The Morgan fingerprint density at radius 1 is 1.35 bits per heavy atom. The van der Waals surface area contributed by atoms with Gasteiger partial charge in [0.2, 0.25) is 0 Å². The van der Waals surface area contributed by atoms with E-state index in [1.165, 1.54) is 0 Å². The van der Waals surface area contributed by atoms with Crippen molar-refractivity contribution in [2.24, 2.45) is 0 Å². The molecule has 0 saturated carbocycles. The lowest BCUT2D eigenvalue weighted by molar-refractivity contribution is 0.370. The molecule has 0 aromatic heterocycles. The molecule has 1 saturated heterocycles. The number of hydrogen-bond donors (Lipinski definition) is 0. The molecule has 0 spiro atoms. The second-order valence-corrected chi connectivity index (χ2v) is 6.75. The molecule has 0 amide bonds. The van der Waals surface area contributed by atoms with Crippen LogP contribution in [0, 0.1) is 0 Å². The van der Waals surface area contributed by atoms with Crippen molar-refractivity contribution < 1.29 is 13.2 Å². The fraction of sp³-hybridized carbons (Fsp3) is 0.538. The van der Waals surface area contributed by atoms with Gasteiger partial charge in [-0.05, 0) is 37.5 Å². The molecule has 2 rings (SSSR count). The molecule has 1 heterocycles. The predicted octanol–water partition coefficient (Wildman–Crippen LogP) is 2.20. The zero-order valence-corrected chi connectivity index (χ0v) is 11.0. The summed E-state index contributed by atoms with van der Waals surface area (Å²) in [4.78, 5) is 0.433. The fourth-order valence-corrected chi connectivity index (χ4v) is 2.85. The number of ether oxygens (including phenoxy) is 1. The lowest BCUT2D eigenvalue weighted by atomic mass is 10.1. The highest BCUT2D eigenvalue weighted by molar-refractivity contribution is 7.91. The molecule has 17 heavy (non-hydrogen) atoms. The van der Waals surface area contributed by atoms with Crippen LogP contribution in [0.5, 0.6) is 0 Å². The monoisotopic (exact) mass is 254 g/mol. The highest BCUT2D eigenvalue weighted by atomic mass is 32.2. The van der Waals surface area contributed by atoms with Crippen molar-refractivity contribution in [2.75, 3.05) is 5.75 Å². The molecule has 1 fully saturated rings. The Hall–Kier alpha value is -0.870. The first-order valence-electron chi connectivity index (χ1n) is 6.00. The van der Waals surface area contributed by atoms with Gasteiger partial charge in [0.1, 0.15) is 0 Å². The smallest absolute Gasteiger partial charge is 0.178 e. The van der Waals surface area contributed by atoms with E-state index in [1.54, 1.807) is 19.1 Å². The molecule has 3 nitrogen and oxygen atoms in total. The molecule has 2 unspecified atom stereocenters. The van der Waals surface area contributed by atoms with Crippen LogP contribution in [0.2, 0.25) is 0 Å². The van der Waals surface area contributed by atoms with Crippen molar-refractivity contribution >= 4 is 9.84 Å². The van der Waals surface area contributed by atoms with Crippen LogP contribution in [-0.4, -0.2) is 26.4 Å². The van der Waals surface area contributed by atoms with Gasteiger partial charge in [0, 0.05) is 0 Å². The van der Waals surface area contributed by atoms with E-state index in [4.69, 9.17) is 4.74 Å². The summed E-state index contributed by atoms with van der Waals surface area (Å²) in [5, 5.41) is 0. The number of rotatable bonds is 5. The normalized spacial score (nSPS) is 23.6. The molecule has 4 heteroatoms. The second kappa shape index (κ2) is 4.78. The van der Waals surface area contributed by atoms with Crippen molar-refractivity contribution in [3.8, 4) is 0 Å². The van der Waals surface area contributed by atoms with E-state index in [0.29, 0.717) is 17.1 Å². The van der Waals surface area contributed by atoms with Crippen molar-refractivity contribution in [2.45, 2.75) is 43.8 Å². The van der Waals surface area contributed by atoms with E-state index in [9.17, 15) is 8.42 Å². The summed E-state index contributed by atoms with van der Waals surface area (Å²) < 4.78 is 28.8. The van der Waals surface area contributed by atoms with Gasteiger partial charge < -0.3 is 4.74 Å². The van der Waals surface area contributed by atoms with Crippen LogP contribution in [0.3, 0.4) is 0 Å². The van der Waals surface area contributed by atoms with Crippen molar-refractivity contribution in [3.63, 3.8) is 0 Å². The van der Waals surface area contributed by atoms with Crippen LogP contribution in [-0.2, 0) is 21.0 Å². The highest BCUT2D eigenvalue weighted by Gasteiger charge is 2.33. The quantitative estimate of drug-likeness (QED) is 0.757. The van der Waals surface area contributed by atoms with Gasteiger partial charge in [-0.3, -0.25) is 0 Å². The highest BCUT2D eigenvalue weighted by Crippen LogP contribution is 2.26. The fourth-order valence-electron chi connectivity index (χ4n) is 1.90.